The Hall–Kier alpha value is -3.07. The summed E-state index contributed by atoms with van der Waals surface area (Å²) in [4.78, 5) is 28.7. The van der Waals surface area contributed by atoms with Gasteiger partial charge in [0.1, 0.15) is 0 Å². The fourth-order valence-electron chi connectivity index (χ4n) is 5.34. The van der Waals surface area contributed by atoms with Crippen molar-refractivity contribution in [1.29, 1.82) is 0 Å². The number of carboxylic acids is 1. The average molecular weight is 520 g/mol. The van der Waals surface area contributed by atoms with E-state index in [1.807, 2.05) is 30.9 Å². The van der Waals surface area contributed by atoms with Crippen LogP contribution < -0.4 is 4.90 Å². The summed E-state index contributed by atoms with van der Waals surface area (Å²) in [6.07, 6.45) is 0.0161. The van der Waals surface area contributed by atoms with Gasteiger partial charge in [0.2, 0.25) is 0 Å². The highest BCUT2D eigenvalue weighted by atomic mass is 19.4. The molecule has 1 amide bonds. The maximum atomic E-state index is 12.7. The van der Waals surface area contributed by atoms with E-state index in [4.69, 9.17) is 9.90 Å². The third-order valence-corrected chi connectivity index (χ3v) is 7.45. The number of piperidine rings is 1. The van der Waals surface area contributed by atoms with Crippen LogP contribution in [0, 0.1) is 0 Å². The fourth-order valence-corrected chi connectivity index (χ4v) is 5.34. The van der Waals surface area contributed by atoms with Gasteiger partial charge in [-0.3, -0.25) is 4.79 Å². The summed E-state index contributed by atoms with van der Waals surface area (Å²) in [5, 5.41) is 7.12. The predicted molar refractivity (Wildman–Crippen MR) is 138 cm³/mol. The van der Waals surface area contributed by atoms with Crippen LogP contribution in [0.4, 0.5) is 18.9 Å². The van der Waals surface area contributed by atoms with Crippen LogP contribution >= 0.6 is 0 Å². The number of halogens is 3. The van der Waals surface area contributed by atoms with Crippen LogP contribution in [0.2, 0.25) is 0 Å². The van der Waals surface area contributed by atoms with Crippen LogP contribution in [0.3, 0.4) is 0 Å². The summed E-state index contributed by atoms with van der Waals surface area (Å²) in [6.45, 7) is 6.47. The van der Waals surface area contributed by atoms with Crippen LogP contribution in [0.5, 0.6) is 0 Å². The zero-order valence-electron chi connectivity index (χ0n) is 21.6. The number of benzene rings is 2. The first-order chi connectivity index (χ1) is 17.5. The quantitative estimate of drug-likeness (QED) is 0.528. The molecule has 2 bridgehead atoms. The number of hydrogen-bond acceptors (Lipinski definition) is 4. The Morgan fingerprint density at radius 3 is 1.92 bits per heavy atom. The summed E-state index contributed by atoms with van der Waals surface area (Å²) in [5.41, 5.74) is 3.35. The van der Waals surface area contributed by atoms with E-state index in [0.717, 1.165) is 25.2 Å². The monoisotopic (exact) mass is 519 g/mol. The summed E-state index contributed by atoms with van der Waals surface area (Å²) in [6, 6.07) is 21.0. The van der Waals surface area contributed by atoms with Crippen molar-refractivity contribution >= 4 is 17.6 Å². The zero-order valence-corrected chi connectivity index (χ0v) is 21.6. The molecule has 6 nitrogen and oxygen atoms in total. The van der Waals surface area contributed by atoms with Gasteiger partial charge >= 0.3 is 12.1 Å². The molecule has 202 valence electrons. The van der Waals surface area contributed by atoms with Crippen molar-refractivity contribution < 1.29 is 27.9 Å². The first-order valence-corrected chi connectivity index (χ1v) is 12.8. The van der Waals surface area contributed by atoms with E-state index >= 15 is 0 Å². The topological polar surface area (TPSA) is 64.1 Å². The number of hydrogen-bond donors (Lipinski definition) is 1. The van der Waals surface area contributed by atoms with Crippen LogP contribution in [-0.4, -0.2) is 71.2 Å². The normalized spacial score (nSPS) is 21.1. The smallest absolute Gasteiger partial charge is 0.475 e. The molecule has 1 N–H and O–H groups in total. The molecule has 1 unspecified atom stereocenters. The Balaban J connectivity index is 0.000000479. The first kappa shape index (κ1) is 28.5. The van der Waals surface area contributed by atoms with Gasteiger partial charge in [0, 0.05) is 49.0 Å². The Morgan fingerprint density at radius 2 is 1.46 bits per heavy atom. The van der Waals surface area contributed by atoms with E-state index in [-0.39, 0.29) is 5.91 Å². The van der Waals surface area contributed by atoms with Gasteiger partial charge in [0.25, 0.3) is 5.91 Å². The molecule has 2 aliphatic heterocycles. The summed E-state index contributed by atoms with van der Waals surface area (Å²) < 4.78 is 31.7. The number of alkyl halides is 3. The van der Waals surface area contributed by atoms with E-state index in [1.54, 1.807) is 0 Å². The number of anilines is 1. The number of carbonyl (C=O) groups excluding carboxylic acids is 1. The Labute approximate surface area is 216 Å². The van der Waals surface area contributed by atoms with Crippen molar-refractivity contribution in [1.82, 2.24) is 9.80 Å². The Bertz CT molecular complexity index is 1010. The zero-order chi connectivity index (χ0) is 27.2. The minimum atomic E-state index is -5.08. The van der Waals surface area contributed by atoms with Crippen LogP contribution in [0.1, 0.15) is 55.5 Å². The number of carboxylic acid groups (broad SMARTS) is 1. The van der Waals surface area contributed by atoms with Crippen molar-refractivity contribution in [2.45, 2.75) is 70.4 Å². The second-order valence-electron chi connectivity index (χ2n) is 9.62. The summed E-state index contributed by atoms with van der Waals surface area (Å²) >= 11 is 0. The van der Waals surface area contributed by atoms with Gasteiger partial charge in [-0.15, -0.1) is 0 Å². The third-order valence-electron chi connectivity index (χ3n) is 7.45. The molecule has 2 saturated heterocycles. The molecule has 9 heteroatoms. The lowest BCUT2D eigenvalue weighted by Crippen LogP contribution is -2.49. The molecule has 0 aliphatic carbocycles. The average Bonchev–Trinajstić information content (AvgIpc) is 3.08. The van der Waals surface area contributed by atoms with Gasteiger partial charge in [-0.2, -0.15) is 13.2 Å². The second kappa shape index (κ2) is 12.4. The standard InChI is InChI=1S/C26H35N3O.C2HF3O2/c1-4-28(5-2)26(30)21-11-13-22(14-12-21)29(19-20-9-7-6-8-10-20)25-17-23-15-16-24(18-25)27(23)3;3-2(4,5)1(6)7/h6-14,23-25H,4-5,15-19H2,1-3H3;(H,6,7)/t23-,24+,25?;. The van der Waals surface area contributed by atoms with Gasteiger partial charge in [-0.25, -0.2) is 4.79 Å². The lowest BCUT2D eigenvalue weighted by molar-refractivity contribution is -0.192. The van der Waals surface area contributed by atoms with Crippen molar-refractivity contribution in [3.05, 3.63) is 65.7 Å². The van der Waals surface area contributed by atoms with E-state index < -0.39 is 12.1 Å². The fraction of sp³-hybridized carbons (Fsp3) is 0.500. The second-order valence-corrected chi connectivity index (χ2v) is 9.62. The number of amides is 1. The molecule has 3 atom stereocenters. The summed E-state index contributed by atoms with van der Waals surface area (Å²) in [5.74, 6) is -2.63. The lowest BCUT2D eigenvalue weighted by Gasteiger charge is -2.43. The van der Waals surface area contributed by atoms with E-state index in [2.05, 4.69) is 59.3 Å². The maximum Gasteiger partial charge on any atom is 0.490 e. The van der Waals surface area contributed by atoms with Gasteiger partial charge in [0.15, 0.2) is 0 Å². The van der Waals surface area contributed by atoms with Gasteiger partial charge < -0.3 is 19.8 Å². The number of nitrogens with zero attached hydrogens (tertiary/aromatic N) is 3. The minimum absolute atomic E-state index is 0.124. The van der Waals surface area contributed by atoms with Crippen LogP contribution in [0.15, 0.2) is 54.6 Å². The molecule has 2 aromatic carbocycles. The van der Waals surface area contributed by atoms with Gasteiger partial charge in [-0.05, 0) is 76.4 Å². The van der Waals surface area contributed by atoms with Crippen molar-refractivity contribution in [2.24, 2.45) is 0 Å². The Morgan fingerprint density at radius 1 is 0.946 bits per heavy atom. The largest absolute Gasteiger partial charge is 0.490 e. The molecule has 2 aliphatic rings. The van der Waals surface area contributed by atoms with Gasteiger partial charge in [0.05, 0.1) is 0 Å². The molecule has 2 fully saturated rings. The third kappa shape index (κ3) is 7.25. The molecular formula is C28H36F3N3O3. The minimum Gasteiger partial charge on any atom is -0.475 e. The lowest BCUT2D eigenvalue weighted by atomic mass is 9.95. The van der Waals surface area contributed by atoms with E-state index in [0.29, 0.717) is 18.1 Å². The molecule has 0 aromatic heterocycles. The number of carbonyl (C=O) groups is 2. The highest BCUT2D eigenvalue weighted by Crippen LogP contribution is 2.38. The molecule has 2 heterocycles. The Kier molecular flexibility index (Phi) is 9.59. The molecule has 0 saturated carbocycles. The van der Waals surface area contributed by atoms with E-state index in [9.17, 15) is 18.0 Å². The van der Waals surface area contributed by atoms with E-state index in [1.165, 1.54) is 36.9 Å². The van der Waals surface area contributed by atoms with Gasteiger partial charge in [-0.1, -0.05) is 30.3 Å². The summed E-state index contributed by atoms with van der Waals surface area (Å²) in [7, 11) is 2.30. The first-order valence-electron chi connectivity index (χ1n) is 12.8. The number of rotatable bonds is 7. The molecule has 0 radical (unpaired) electrons. The molecular weight excluding hydrogens is 483 g/mol. The highest BCUT2D eigenvalue weighted by molar-refractivity contribution is 5.94. The SMILES string of the molecule is CCN(CC)C(=O)c1ccc(N(Cc2ccccc2)C2C[C@H]3CC[C@@H](C2)N3C)cc1.O=C(O)C(F)(F)F. The molecule has 4 rings (SSSR count). The van der Waals surface area contributed by atoms with Crippen LogP contribution in [-0.2, 0) is 11.3 Å². The molecule has 0 spiro atoms. The maximum absolute atomic E-state index is 12.7. The molecule has 37 heavy (non-hydrogen) atoms. The van der Waals surface area contributed by atoms with Crippen molar-refractivity contribution in [3.8, 4) is 0 Å². The number of aliphatic carboxylic acids is 1. The van der Waals surface area contributed by atoms with Crippen molar-refractivity contribution in [2.75, 3.05) is 25.0 Å². The van der Waals surface area contributed by atoms with Crippen LogP contribution in [0.25, 0.3) is 0 Å². The highest BCUT2D eigenvalue weighted by Gasteiger charge is 2.40. The molecule has 2 aromatic rings. The predicted octanol–water partition coefficient (Wildman–Crippen LogP) is 5.43. The number of fused-ring (bicyclic) bond motifs is 2. The van der Waals surface area contributed by atoms with Crippen molar-refractivity contribution in [3.63, 3.8) is 0 Å².